The molecule has 0 bridgehead atoms. The van der Waals surface area contributed by atoms with Gasteiger partial charge in [-0.3, -0.25) is 10.1 Å². The fourth-order valence-electron chi connectivity index (χ4n) is 2.41. The number of fused-ring (bicyclic) bond motifs is 1. The molecule has 0 spiro atoms. The Hall–Kier alpha value is -1.37. The normalized spacial score (nSPS) is 10.6. The minimum Gasteiger partial charge on any atom is -0.331 e. The van der Waals surface area contributed by atoms with E-state index in [4.69, 9.17) is 47.0 Å². The van der Waals surface area contributed by atoms with E-state index < -0.39 is 0 Å². The molecule has 0 fully saturated rings. The summed E-state index contributed by atoms with van der Waals surface area (Å²) in [7, 11) is 0. The van der Waals surface area contributed by atoms with E-state index in [-0.39, 0.29) is 11.0 Å². The molecule has 0 heterocycles. The van der Waals surface area contributed by atoms with Crippen molar-refractivity contribution in [2.45, 2.75) is 0 Å². The smallest absolute Gasteiger partial charge is 0.258 e. The van der Waals surface area contributed by atoms with E-state index in [1.807, 2.05) is 30.3 Å². The van der Waals surface area contributed by atoms with Gasteiger partial charge in [0, 0.05) is 10.0 Å². The zero-order chi connectivity index (χ0) is 18.8. The molecule has 0 atom stereocenters. The minimum atomic E-state index is -0.331. The Kier molecular flexibility index (Phi) is 6.05. The lowest BCUT2D eigenvalue weighted by Crippen LogP contribution is -2.34. The topological polar surface area (TPSA) is 41.1 Å². The summed E-state index contributed by atoms with van der Waals surface area (Å²) < 4.78 is 0.910. The molecule has 0 aliphatic carbocycles. The number of thiocarbonyl (C=S) groups is 1. The molecule has 2 N–H and O–H groups in total. The van der Waals surface area contributed by atoms with Crippen LogP contribution in [0.4, 0.5) is 5.69 Å². The second-order valence-electron chi connectivity index (χ2n) is 5.29. The highest BCUT2D eigenvalue weighted by atomic mass is 79.9. The summed E-state index contributed by atoms with van der Waals surface area (Å²) in [6.07, 6.45) is 0. The van der Waals surface area contributed by atoms with Crippen LogP contribution in [0.2, 0.25) is 15.1 Å². The van der Waals surface area contributed by atoms with Crippen molar-refractivity contribution in [2.75, 3.05) is 5.32 Å². The van der Waals surface area contributed by atoms with E-state index in [1.165, 1.54) is 6.07 Å². The quantitative estimate of drug-likeness (QED) is 0.312. The van der Waals surface area contributed by atoms with Gasteiger partial charge in [0.25, 0.3) is 5.91 Å². The Bertz CT molecular complexity index is 1040. The van der Waals surface area contributed by atoms with Gasteiger partial charge in [-0.15, -0.1) is 0 Å². The van der Waals surface area contributed by atoms with Crippen molar-refractivity contribution in [2.24, 2.45) is 0 Å². The average Bonchev–Trinajstić information content (AvgIpc) is 2.59. The van der Waals surface area contributed by atoms with E-state index in [0.29, 0.717) is 26.3 Å². The van der Waals surface area contributed by atoms with Gasteiger partial charge in [-0.25, -0.2) is 0 Å². The predicted octanol–water partition coefficient (Wildman–Crippen LogP) is 6.69. The molecule has 3 nitrogen and oxygen atoms in total. The Morgan fingerprint density at radius 1 is 0.923 bits per heavy atom. The Morgan fingerprint density at radius 3 is 2.35 bits per heavy atom. The first-order valence-electron chi connectivity index (χ1n) is 7.31. The van der Waals surface area contributed by atoms with Crippen molar-refractivity contribution in [1.29, 1.82) is 0 Å². The maximum Gasteiger partial charge on any atom is 0.258 e. The molecule has 0 aliphatic rings. The van der Waals surface area contributed by atoms with E-state index in [9.17, 15) is 4.79 Å². The number of benzene rings is 3. The molecule has 0 saturated heterocycles. The second kappa shape index (κ2) is 8.11. The molecule has 26 heavy (non-hydrogen) atoms. The highest BCUT2D eigenvalue weighted by Crippen LogP contribution is 2.32. The SMILES string of the molecule is O=C(NC(=S)Nc1cc(Cl)c(Cl)cc1Cl)c1cccc2c(Br)cccc12. The van der Waals surface area contributed by atoms with Crippen molar-refractivity contribution in [3.63, 3.8) is 0 Å². The van der Waals surface area contributed by atoms with E-state index in [2.05, 4.69) is 26.6 Å². The summed E-state index contributed by atoms with van der Waals surface area (Å²) in [4.78, 5) is 12.6. The van der Waals surface area contributed by atoms with Gasteiger partial charge in [-0.05, 0) is 47.3 Å². The number of halogens is 4. The maximum atomic E-state index is 12.6. The maximum absolute atomic E-state index is 12.6. The van der Waals surface area contributed by atoms with Gasteiger partial charge in [0.15, 0.2) is 5.11 Å². The molecule has 0 radical (unpaired) electrons. The van der Waals surface area contributed by atoms with Crippen molar-refractivity contribution in [1.82, 2.24) is 5.32 Å². The molecule has 132 valence electrons. The third-order valence-electron chi connectivity index (χ3n) is 3.60. The van der Waals surface area contributed by atoms with Gasteiger partial charge in [0.05, 0.1) is 20.8 Å². The van der Waals surface area contributed by atoms with Crippen LogP contribution in [0.15, 0.2) is 53.0 Å². The molecule has 0 aliphatic heterocycles. The number of hydrogen-bond donors (Lipinski definition) is 2. The van der Waals surface area contributed by atoms with Gasteiger partial charge < -0.3 is 5.32 Å². The fraction of sp³-hybridized carbons (Fsp3) is 0. The second-order valence-corrected chi connectivity index (χ2v) is 7.78. The molecule has 0 unspecified atom stereocenters. The number of rotatable bonds is 2. The molecule has 3 rings (SSSR count). The predicted molar refractivity (Wildman–Crippen MR) is 117 cm³/mol. The number of carbonyl (C=O) groups excluding carboxylic acids is 1. The van der Waals surface area contributed by atoms with Crippen LogP contribution in [-0.4, -0.2) is 11.0 Å². The zero-order valence-corrected chi connectivity index (χ0v) is 17.6. The third kappa shape index (κ3) is 4.13. The molecule has 3 aromatic rings. The third-order valence-corrected chi connectivity index (χ3v) is 5.53. The molecular weight excluding hydrogens is 479 g/mol. The molecule has 0 saturated carbocycles. The van der Waals surface area contributed by atoms with Gasteiger partial charge in [-0.1, -0.05) is 75.0 Å². The van der Waals surface area contributed by atoms with Gasteiger partial charge in [0.2, 0.25) is 0 Å². The lowest BCUT2D eigenvalue weighted by molar-refractivity contribution is 0.0979. The fourth-order valence-corrected chi connectivity index (χ4v) is 3.71. The lowest BCUT2D eigenvalue weighted by atomic mass is 10.0. The van der Waals surface area contributed by atoms with Gasteiger partial charge in [-0.2, -0.15) is 0 Å². The number of carbonyl (C=O) groups is 1. The van der Waals surface area contributed by atoms with Crippen molar-refractivity contribution >= 4 is 90.4 Å². The molecule has 0 aromatic heterocycles. The summed E-state index contributed by atoms with van der Waals surface area (Å²) in [5, 5.41) is 8.35. The van der Waals surface area contributed by atoms with E-state index in [0.717, 1.165) is 15.2 Å². The Morgan fingerprint density at radius 2 is 1.58 bits per heavy atom. The van der Waals surface area contributed by atoms with Crippen LogP contribution < -0.4 is 10.6 Å². The summed E-state index contributed by atoms with van der Waals surface area (Å²) >= 11 is 26.7. The first-order valence-corrected chi connectivity index (χ1v) is 9.64. The number of anilines is 1. The van der Waals surface area contributed by atoms with Crippen LogP contribution >= 0.6 is 63.0 Å². The highest BCUT2D eigenvalue weighted by molar-refractivity contribution is 9.10. The molecule has 1 amide bonds. The van der Waals surface area contributed by atoms with Crippen LogP contribution in [-0.2, 0) is 0 Å². The Labute approximate surface area is 178 Å². The number of nitrogens with one attached hydrogen (secondary N) is 2. The minimum absolute atomic E-state index is 0.0993. The summed E-state index contributed by atoms with van der Waals surface area (Å²) in [5.74, 6) is -0.331. The monoisotopic (exact) mass is 486 g/mol. The Balaban J connectivity index is 1.82. The van der Waals surface area contributed by atoms with Crippen LogP contribution in [0.1, 0.15) is 10.4 Å². The van der Waals surface area contributed by atoms with E-state index in [1.54, 1.807) is 12.1 Å². The summed E-state index contributed by atoms with van der Waals surface area (Å²) in [5.41, 5.74) is 0.959. The summed E-state index contributed by atoms with van der Waals surface area (Å²) in [6, 6.07) is 14.2. The first-order chi connectivity index (χ1) is 12.4. The van der Waals surface area contributed by atoms with E-state index >= 15 is 0 Å². The zero-order valence-electron chi connectivity index (χ0n) is 12.9. The highest BCUT2D eigenvalue weighted by Gasteiger charge is 2.14. The standard InChI is InChI=1S/C18H10BrCl3N2OS/c19-12-6-2-3-9-10(12)4-1-5-11(9)17(25)24-18(26)23-16-8-14(21)13(20)7-15(16)22/h1-8H,(H2,23,24,25,26). The molecule has 8 heteroatoms. The van der Waals surface area contributed by atoms with Crippen molar-refractivity contribution < 1.29 is 4.79 Å². The average molecular weight is 489 g/mol. The molecular formula is C18H10BrCl3N2OS. The van der Waals surface area contributed by atoms with Crippen LogP contribution in [0.5, 0.6) is 0 Å². The number of hydrogen-bond acceptors (Lipinski definition) is 2. The largest absolute Gasteiger partial charge is 0.331 e. The van der Waals surface area contributed by atoms with Crippen LogP contribution in [0.3, 0.4) is 0 Å². The summed E-state index contributed by atoms with van der Waals surface area (Å²) in [6.45, 7) is 0. The van der Waals surface area contributed by atoms with Crippen molar-refractivity contribution in [3.05, 3.63) is 73.6 Å². The van der Waals surface area contributed by atoms with Gasteiger partial charge in [0.1, 0.15) is 0 Å². The van der Waals surface area contributed by atoms with Crippen LogP contribution in [0.25, 0.3) is 10.8 Å². The van der Waals surface area contributed by atoms with Crippen LogP contribution in [0, 0.1) is 0 Å². The number of amides is 1. The van der Waals surface area contributed by atoms with Gasteiger partial charge >= 0.3 is 0 Å². The first kappa shape index (κ1) is 19.4. The lowest BCUT2D eigenvalue weighted by Gasteiger charge is -2.13. The molecule has 3 aromatic carbocycles. The van der Waals surface area contributed by atoms with Crippen molar-refractivity contribution in [3.8, 4) is 0 Å².